The van der Waals surface area contributed by atoms with Gasteiger partial charge in [-0.3, -0.25) is 0 Å². The Morgan fingerprint density at radius 3 is 2.55 bits per heavy atom. The Balaban J connectivity index is 1.87. The number of nitrogens with one attached hydrogen (secondary N) is 1. The summed E-state index contributed by atoms with van der Waals surface area (Å²) in [7, 11) is -4.01. The van der Waals surface area contributed by atoms with Gasteiger partial charge in [-0.25, -0.2) is 21.9 Å². The van der Waals surface area contributed by atoms with E-state index in [1.807, 2.05) is 0 Å². The van der Waals surface area contributed by atoms with Gasteiger partial charge in [0.15, 0.2) is 5.82 Å². The van der Waals surface area contributed by atoms with E-state index in [4.69, 9.17) is 5.73 Å². The molecular formula is C13H16F2N2O2S. The molecule has 2 fully saturated rings. The molecule has 0 amide bonds. The van der Waals surface area contributed by atoms with Gasteiger partial charge < -0.3 is 5.73 Å². The molecule has 7 heteroatoms. The van der Waals surface area contributed by atoms with Crippen molar-refractivity contribution < 1.29 is 17.2 Å². The molecule has 2 saturated carbocycles. The van der Waals surface area contributed by atoms with Crippen LogP contribution in [-0.4, -0.2) is 14.5 Å². The van der Waals surface area contributed by atoms with Crippen molar-refractivity contribution >= 4 is 15.7 Å². The first-order valence-electron chi connectivity index (χ1n) is 6.64. The summed E-state index contributed by atoms with van der Waals surface area (Å²) in [5.74, 6) is -1.28. The second kappa shape index (κ2) is 4.66. The Labute approximate surface area is 116 Å². The summed E-state index contributed by atoms with van der Waals surface area (Å²) in [4.78, 5) is -0.584. The van der Waals surface area contributed by atoms with Gasteiger partial charge in [0.2, 0.25) is 10.0 Å². The van der Waals surface area contributed by atoms with Crippen LogP contribution in [0.5, 0.6) is 0 Å². The second-order valence-electron chi connectivity index (χ2n) is 5.68. The van der Waals surface area contributed by atoms with Crippen molar-refractivity contribution in [3.05, 3.63) is 23.8 Å². The maximum atomic E-state index is 13.8. The smallest absolute Gasteiger partial charge is 0.243 e. The van der Waals surface area contributed by atoms with Gasteiger partial charge in [0.05, 0.1) is 0 Å². The predicted octanol–water partition coefficient (Wildman–Crippen LogP) is 2.01. The van der Waals surface area contributed by atoms with E-state index in [-0.39, 0.29) is 6.04 Å². The molecule has 4 nitrogen and oxygen atoms in total. The van der Waals surface area contributed by atoms with Gasteiger partial charge in [-0.2, -0.15) is 0 Å². The van der Waals surface area contributed by atoms with E-state index in [2.05, 4.69) is 4.72 Å². The number of sulfonamides is 1. The zero-order valence-corrected chi connectivity index (χ0v) is 11.6. The largest absolute Gasteiger partial charge is 0.394 e. The third-order valence-corrected chi connectivity index (χ3v) is 5.93. The lowest BCUT2D eigenvalue weighted by molar-refractivity contribution is 0.389. The summed E-state index contributed by atoms with van der Waals surface area (Å²) >= 11 is 0. The van der Waals surface area contributed by atoms with Crippen LogP contribution in [0.1, 0.15) is 25.7 Å². The average molecular weight is 302 g/mol. The summed E-state index contributed by atoms with van der Waals surface area (Å²) in [6, 6.07) is 1.63. The number of halogens is 2. The van der Waals surface area contributed by atoms with E-state index in [1.165, 1.54) is 0 Å². The molecule has 0 saturated heterocycles. The minimum absolute atomic E-state index is 0.149. The minimum atomic E-state index is -4.01. The first-order valence-corrected chi connectivity index (χ1v) is 8.12. The normalized spacial score (nSPS) is 29.0. The summed E-state index contributed by atoms with van der Waals surface area (Å²) < 4.78 is 53.9. The molecule has 0 aromatic heterocycles. The monoisotopic (exact) mass is 302 g/mol. The molecule has 3 rings (SSSR count). The van der Waals surface area contributed by atoms with Gasteiger partial charge in [-0.15, -0.1) is 0 Å². The van der Waals surface area contributed by atoms with Gasteiger partial charge in [0, 0.05) is 6.04 Å². The van der Waals surface area contributed by atoms with Crippen LogP contribution in [0.4, 0.5) is 14.5 Å². The zero-order chi connectivity index (χ0) is 14.5. The lowest BCUT2D eigenvalue weighted by Gasteiger charge is -2.23. The van der Waals surface area contributed by atoms with Gasteiger partial charge in [-0.1, -0.05) is 6.42 Å². The molecule has 1 aromatic carbocycles. The van der Waals surface area contributed by atoms with Crippen molar-refractivity contribution in [1.82, 2.24) is 4.72 Å². The van der Waals surface area contributed by atoms with Crippen molar-refractivity contribution in [2.75, 3.05) is 5.73 Å². The fourth-order valence-corrected chi connectivity index (χ4v) is 4.82. The summed E-state index contributed by atoms with van der Waals surface area (Å²) in [6.45, 7) is 0. The molecule has 20 heavy (non-hydrogen) atoms. The maximum absolute atomic E-state index is 13.8. The molecule has 2 bridgehead atoms. The number of nitrogen functional groups attached to an aromatic ring is 1. The fraction of sp³-hybridized carbons (Fsp3) is 0.538. The Bertz CT molecular complexity index is 648. The van der Waals surface area contributed by atoms with Crippen LogP contribution in [0.15, 0.2) is 17.0 Å². The number of anilines is 1. The number of hydrogen-bond acceptors (Lipinski definition) is 3. The fourth-order valence-electron chi connectivity index (χ4n) is 3.41. The number of benzene rings is 1. The van der Waals surface area contributed by atoms with Crippen LogP contribution in [0.3, 0.4) is 0 Å². The van der Waals surface area contributed by atoms with Gasteiger partial charge in [-0.05, 0) is 43.2 Å². The first kappa shape index (κ1) is 13.8. The third kappa shape index (κ3) is 2.18. The van der Waals surface area contributed by atoms with E-state index in [9.17, 15) is 17.2 Å². The van der Waals surface area contributed by atoms with Crippen molar-refractivity contribution in [1.29, 1.82) is 0 Å². The average Bonchev–Trinajstić information content (AvgIpc) is 2.97. The Kier molecular flexibility index (Phi) is 3.21. The second-order valence-corrected chi connectivity index (χ2v) is 7.36. The highest BCUT2D eigenvalue weighted by atomic mass is 32.2. The lowest BCUT2D eigenvalue weighted by Crippen LogP contribution is -2.38. The van der Waals surface area contributed by atoms with Gasteiger partial charge >= 0.3 is 0 Å². The number of fused-ring (bicyclic) bond motifs is 2. The van der Waals surface area contributed by atoms with E-state index in [0.717, 1.165) is 37.8 Å². The van der Waals surface area contributed by atoms with Gasteiger partial charge in [0.1, 0.15) is 16.4 Å². The zero-order valence-electron chi connectivity index (χ0n) is 10.8. The molecule has 110 valence electrons. The molecule has 3 unspecified atom stereocenters. The molecule has 3 N–H and O–H groups in total. The highest BCUT2D eigenvalue weighted by Crippen LogP contribution is 2.44. The predicted molar refractivity (Wildman–Crippen MR) is 70.3 cm³/mol. The van der Waals surface area contributed by atoms with Crippen LogP contribution < -0.4 is 10.5 Å². The SMILES string of the molecule is Nc1c(F)ccc(S(=O)(=O)NC2CC3CCC2C3)c1F. The molecule has 0 aliphatic heterocycles. The first-order chi connectivity index (χ1) is 9.38. The minimum Gasteiger partial charge on any atom is -0.394 e. The van der Waals surface area contributed by atoms with Crippen LogP contribution in [0.2, 0.25) is 0 Å². The van der Waals surface area contributed by atoms with Crippen molar-refractivity contribution in [2.24, 2.45) is 11.8 Å². The van der Waals surface area contributed by atoms with E-state index in [0.29, 0.717) is 11.8 Å². The van der Waals surface area contributed by atoms with Gasteiger partial charge in [0.25, 0.3) is 0 Å². The molecule has 2 aliphatic carbocycles. The van der Waals surface area contributed by atoms with Crippen LogP contribution in [0.25, 0.3) is 0 Å². The summed E-state index contributed by atoms with van der Waals surface area (Å²) in [5.41, 5.74) is 4.44. The van der Waals surface area contributed by atoms with E-state index < -0.39 is 32.2 Å². The summed E-state index contributed by atoms with van der Waals surface area (Å²) in [5, 5.41) is 0. The van der Waals surface area contributed by atoms with Crippen molar-refractivity contribution in [3.8, 4) is 0 Å². The van der Waals surface area contributed by atoms with Crippen molar-refractivity contribution in [3.63, 3.8) is 0 Å². The molecule has 0 heterocycles. The molecule has 1 aromatic rings. The molecule has 2 aliphatic rings. The topological polar surface area (TPSA) is 72.2 Å². The molecule has 0 radical (unpaired) electrons. The number of nitrogens with two attached hydrogens (primary N) is 1. The molecule has 0 spiro atoms. The molecular weight excluding hydrogens is 286 g/mol. The maximum Gasteiger partial charge on any atom is 0.243 e. The highest BCUT2D eigenvalue weighted by molar-refractivity contribution is 7.89. The Morgan fingerprint density at radius 2 is 1.95 bits per heavy atom. The van der Waals surface area contributed by atoms with Crippen molar-refractivity contribution in [2.45, 2.75) is 36.6 Å². The van der Waals surface area contributed by atoms with Crippen LogP contribution in [-0.2, 0) is 10.0 Å². The summed E-state index contributed by atoms with van der Waals surface area (Å²) in [6.07, 6.45) is 3.97. The lowest BCUT2D eigenvalue weighted by atomic mass is 9.96. The van der Waals surface area contributed by atoms with E-state index in [1.54, 1.807) is 0 Å². The van der Waals surface area contributed by atoms with Crippen LogP contribution >= 0.6 is 0 Å². The number of hydrogen-bond donors (Lipinski definition) is 2. The quantitative estimate of drug-likeness (QED) is 0.839. The highest BCUT2D eigenvalue weighted by Gasteiger charge is 2.41. The van der Waals surface area contributed by atoms with E-state index >= 15 is 0 Å². The number of rotatable bonds is 3. The Hall–Kier alpha value is -1.21. The standard InChI is InChI=1S/C13H16F2N2O2S/c14-9-3-4-11(12(15)13(9)16)20(18,19)17-10-6-7-1-2-8(10)5-7/h3-4,7-8,10,17H,1-2,5-6,16H2. The van der Waals surface area contributed by atoms with Crippen LogP contribution in [0, 0.1) is 23.5 Å². The molecule has 3 atom stereocenters. The third-order valence-electron chi connectivity index (χ3n) is 4.43. The Morgan fingerprint density at radius 1 is 1.20 bits per heavy atom.